The van der Waals surface area contributed by atoms with Gasteiger partial charge < -0.3 is 38.0 Å². The Kier molecular flexibility index (Phi) is 11.9. The molecule has 2 aliphatic heterocycles. The molecule has 0 radical (unpaired) electrons. The van der Waals surface area contributed by atoms with Gasteiger partial charge in [-0.25, -0.2) is 0 Å². The Bertz CT molecular complexity index is 1920. The fourth-order valence-electron chi connectivity index (χ4n) is 7.17. The lowest BCUT2D eigenvalue weighted by Crippen LogP contribution is -2.65. The molecule has 5 atom stereocenters. The molecule has 8 nitrogen and oxygen atoms in total. The summed E-state index contributed by atoms with van der Waals surface area (Å²) in [6.45, 7) is 3.96. The predicted molar refractivity (Wildman–Crippen MR) is 201 cm³/mol. The zero-order valence-electron chi connectivity index (χ0n) is 30.2. The molecular formula is C45H46O8. The van der Waals surface area contributed by atoms with Crippen LogP contribution in [0.5, 0.6) is 11.5 Å². The van der Waals surface area contributed by atoms with Crippen LogP contribution in [0.4, 0.5) is 0 Å². The molecule has 2 heterocycles. The van der Waals surface area contributed by atoms with Gasteiger partial charge in [-0.05, 0) is 64.4 Å². The molecule has 0 N–H and O–H groups in total. The van der Waals surface area contributed by atoms with Gasteiger partial charge in [0.05, 0.1) is 19.8 Å². The molecule has 274 valence electrons. The van der Waals surface area contributed by atoms with Crippen LogP contribution in [0.3, 0.4) is 0 Å². The summed E-state index contributed by atoms with van der Waals surface area (Å²) in [4.78, 5) is 13.1. The highest BCUT2D eigenvalue weighted by Crippen LogP contribution is 2.44. The number of ether oxygens (including phenoxy) is 7. The fraction of sp³-hybridized carbons (Fsp3) is 0.311. The molecule has 7 rings (SSSR count). The minimum Gasteiger partial charge on any atom is -0.486 e. The third kappa shape index (κ3) is 8.38. The molecule has 8 heteroatoms. The Hall–Kier alpha value is -4.83. The van der Waals surface area contributed by atoms with Gasteiger partial charge in [-0.15, -0.1) is 0 Å². The van der Waals surface area contributed by atoms with Gasteiger partial charge in [0.1, 0.15) is 37.6 Å². The van der Waals surface area contributed by atoms with E-state index in [0.717, 1.165) is 52.0 Å². The molecule has 0 spiro atoms. The summed E-state index contributed by atoms with van der Waals surface area (Å²) in [7, 11) is 1.59. The van der Waals surface area contributed by atoms with Crippen molar-refractivity contribution in [3.05, 3.63) is 166 Å². The van der Waals surface area contributed by atoms with Crippen LogP contribution in [0.1, 0.15) is 45.9 Å². The molecule has 0 amide bonds. The van der Waals surface area contributed by atoms with Crippen molar-refractivity contribution in [2.24, 2.45) is 0 Å². The van der Waals surface area contributed by atoms with Gasteiger partial charge in [-0.3, -0.25) is 0 Å². The predicted octanol–water partition coefficient (Wildman–Crippen LogP) is 7.76. The summed E-state index contributed by atoms with van der Waals surface area (Å²) < 4.78 is 45.2. The van der Waals surface area contributed by atoms with E-state index in [1.165, 1.54) is 5.56 Å². The second-order valence-electron chi connectivity index (χ2n) is 13.3. The van der Waals surface area contributed by atoms with Gasteiger partial charge in [-0.2, -0.15) is 0 Å². The number of carbonyl (C=O) groups excluding carboxylic acids is 1. The van der Waals surface area contributed by atoms with Gasteiger partial charge in [0, 0.05) is 12.7 Å². The Morgan fingerprint density at radius 3 is 1.81 bits per heavy atom. The monoisotopic (exact) mass is 714 g/mol. The highest BCUT2D eigenvalue weighted by atomic mass is 16.7. The highest BCUT2D eigenvalue weighted by Gasteiger charge is 2.58. The molecule has 5 aromatic carbocycles. The van der Waals surface area contributed by atoms with E-state index >= 15 is 0 Å². The van der Waals surface area contributed by atoms with Gasteiger partial charge in [0.25, 0.3) is 0 Å². The van der Waals surface area contributed by atoms with Crippen LogP contribution in [0.2, 0.25) is 0 Å². The second kappa shape index (κ2) is 17.3. The number of hydrogen-bond acceptors (Lipinski definition) is 8. The first-order valence-corrected chi connectivity index (χ1v) is 18.3. The summed E-state index contributed by atoms with van der Waals surface area (Å²) in [5.74, 6) is -0.0420. The lowest BCUT2D eigenvalue weighted by Gasteiger charge is -2.51. The fourth-order valence-corrected chi connectivity index (χ4v) is 7.17. The standard InChI is InChI=1S/C45H46O8/c1-3-36-20-21-38(27-37(36)25-35-19-22-39-40(26-35)49-24-23-48-39)45(47-2)44(52-31-34-17-11-6-12-18-34)43(51-30-33-15-9-5-10-16-33)42(41(28-46)53-45)50-29-32-13-7-4-8-14-32/h4-22,26-28,41-44H,3,23-25,29-31H2,1-2H3. The van der Waals surface area contributed by atoms with E-state index in [0.29, 0.717) is 25.2 Å². The topological polar surface area (TPSA) is 81.7 Å². The molecule has 0 aliphatic carbocycles. The van der Waals surface area contributed by atoms with E-state index in [4.69, 9.17) is 33.2 Å². The average molecular weight is 715 g/mol. The third-order valence-electron chi connectivity index (χ3n) is 9.90. The minimum atomic E-state index is -1.54. The van der Waals surface area contributed by atoms with Gasteiger partial charge >= 0.3 is 0 Å². The summed E-state index contributed by atoms with van der Waals surface area (Å²) >= 11 is 0. The van der Waals surface area contributed by atoms with Crippen LogP contribution in [-0.4, -0.2) is 51.0 Å². The largest absolute Gasteiger partial charge is 0.486 e. The van der Waals surface area contributed by atoms with Gasteiger partial charge in [0.2, 0.25) is 5.79 Å². The first kappa shape index (κ1) is 36.5. The summed E-state index contributed by atoms with van der Waals surface area (Å²) in [6.07, 6.45) is -1.25. The number of aryl methyl sites for hydroxylation is 1. The summed E-state index contributed by atoms with van der Waals surface area (Å²) in [5.41, 5.74) is 6.98. The van der Waals surface area contributed by atoms with Gasteiger partial charge in [0.15, 0.2) is 17.8 Å². The second-order valence-corrected chi connectivity index (χ2v) is 13.3. The molecule has 0 aromatic heterocycles. The number of fused-ring (bicyclic) bond motifs is 1. The number of hydrogen-bond donors (Lipinski definition) is 0. The Balaban J connectivity index is 1.30. The zero-order chi connectivity index (χ0) is 36.5. The Labute approximate surface area is 311 Å². The maximum atomic E-state index is 13.1. The number of methoxy groups -OCH3 is 1. The van der Waals surface area contributed by atoms with E-state index in [1.807, 2.05) is 109 Å². The molecule has 0 bridgehead atoms. The number of aldehydes is 1. The van der Waals surface area contributed by atoms with E-state index < -0.39 is 30.2 Å². The van der Waals surface area contributed by atoms with Gasteiger partial charge in [-0.1, -0.05) is 116 Å². The normalized spacial score (nSPS) is 22.3. The van der Waals surface area contributed by atoms with Crippen molar-refractivity contribution >= 4 is 6.29 Å². The van der Waals surface area contributed by atoms with Crippen molar-refractivity contribution in [3.8, 4) is 11.5 Å². The quantitative estimate of drug-likeness (QED) is 0.102. The van der Waals surface area contributed by atoms with E-state index in [1.54, 1.807) is 7.11 Å². The van der Waals surface area contributed by atoms with Crippen molar-refractivity contribution in [1.29, 1.82) is 0 Å². The van der Waals surface area contributed by atoms with E-state index in [9.17, 15) is 4.79 Å². The molecule has 53 heavy (non-hydrogen) atoms. The molecule has 5 aromatic rings. The molecular weight excluding hydrogens is 668 g/mol. The lowest BCUT2D eigenvalue weighted by atomic mass is 9.85. The number of carbonyl (C=O) groups is 1. The number of rotatable bonds is 15. The molecule has 1 fully saturated rings. The van der Waals surface area contributed by atoms with Crippen LogP contribution in [0.15, 0.2) is 127 Å². The SMILES string of the molecule is CCc1ccc(C2(OC)OC(C=O)C(OCc3ccccc3)C(OCc3ccccc3)C2OCc2ccccc2)cc1Cc1ccc2c(c1)OCCO2. The van der Waals surface area contributed by atoms with Crippen LogP contribution in [-0.2, 0) is 66.9 Å². The molecule has 5 unspecified atom stereocenters. The van der Waals surface area contributed by atoms with E-state index in [-0.39, 0.29) is 19.8 Å². The maximum absolute atomic E-state index is 13.1. The zero-order valence-corrected chi connectivity index (χ0v) is 30.2. The van der Waals surface area contributed by atoms with Crippen LogP contribution in [0, 0.1) is 0 Å². The van der Waals surface area contributed by atoms with Crippen molar-refractivity contribution in [1.82, 2.24) is 0 Å². The van der Waals surface area contributed by atoms with Crippen molar-refractivity contribution in [2.45, 2.75) is 69.8 Å². The number of benzene rings is 5. The van der Waals surface area contributed by atoms with Crippen LogP contribution < -0.4 is 9.47 Å². The Morgan fingerprint density at radius 1 is 0.642 bits per heavy atom. The summed E-state index contributed by atoms with van der Waals surface area (Å²) in [5, 5.41) is 0. The molecule has 0 saturated carbocycles. The summed E-state index contributed by atoms with van der Waals surface area (Å²) in [6, 6.07) is 42.0. The maximum Gasteiger partial charge on any atom is 0.225 e. The first-order valence-electron chi connectivity index (χ1n) is 18.3. The van der Waals surface area contributed by atoms with E-state index in [2.05, 4.69) is 25.1 Å². The van der Waals surface area contributed by atoms with Crippen molar-refractivity contribution < 1.29 is 38.0 Å². The lowest BCUT2D eigenvalue weighted by molar-refractivity contribution is -0.373. The molecule has 2 aliphatic rings. The smallest absolute Gasteiger partial charge is 0.225 e. The third-order valence-corrected chi connectivity index (χ3v) is 9.90. The Morgan fingerprint density at radius 2 is 1.23 bits per heavy atom. The van der Waals surface area contributed by atoms with Crippen LogP contribution in [0.25, 0.3) is 0 Å². The first-order chi connectivity index (χ1) is 26.1. The van der Waals surface area contributed by atoms with Crippen LogP contribution >= 0.6 is 0 Å². The van der Waals surface area contributed by atoms with Crippen molar-refractivity contribution in [2.75, 3.05) is 20.3 Å². The minimum absolute atomic E-state index is 0.249. The molecule has 1 saturated heterocycles. The van der Waals surface area contributed by atoms with Crippen molar-refractivity contribution in [3.63, 3.8) is 0 Å². The highest BCUT2D eigenvalue weighted by molar-refractivity contribution is 5.58. The average Bonchev–Trinajstić information content (AvgIpc) is 3.22.